The van der Waals surface area contributed by atoms with Gasteiger partial charge in [-0.15, -0.1) is 10.2 Å². The van der Waals surface area contributed by atoms with Gasteiger partial charge in [-0.05, 0) is 6.07 Å². The predicted molar refractivity (Wildman–Crippen MR) is 86.3 cm³/mol. The molecule has 22 heavy (non-hydrogen) atoms. The third-order valence-corrected chi connectivity index (χ3v) is 4.74. The molecule has 0 aliphatic rings. The summed E-state index contributed by atoms with van der Waals surface area (Å²) in [7, 11) is 1.80. The lowest BCUT2D eigenvalue weighted by Crippen LogP contribution is -1.99. The molecular weight excluding hydrogens is 343 g/mol. The molecule has 4 rings (SSSR count). The normalized spacial score (nSPS) is 11.4. The van der Waals surface area contributed by atoms with Gasteiger partial charge in [0.05, 0.1) is 16.2 Å². The van der Waals surface area contributed by atoms with Crippen LogP contribution in [0, 0.1) is 0 Å². The average Bonchev–Trinajstić information content (AvgIpc) is 3.15. The Bertz CT molecular complexity index is 966. The summed E-state index contributed by atoms with van der Waals surface area (Å²) in [6.07, 6.45) is 1.57. The maximum absolute atomic E-state index is 6.23. The molecule has 0 fully saturated rings. The maximum atomic E-state index is 6.23. The van der Waals surface area contributed by atoms with Gasteiger partial charge < -0.3 is 0 Å². The van der Waals surface area contributed by atoms with Crippen LogP contribution in [0.3, 0.4) is 0 Å². The van der Waals surface area contributed by atoms with E-state index < -0.39 is 0 Å². The van der Waals surface area contributed by atoms with Gasteiger partial charge in [0.2, 0.25) is 10.8 Å². The molecule has 0 bridgehead atoms. The third kappa shape index (κ3) is 2.01. The maximum Gasteiger partial charge on any atom is 0.235 e. The molecule has 0 unspecified atom stereocenters. The van der Waals surface area contributed by atoms with Crippen LogP contribution in [0.5, 0.6) is 0 Å². The molecule has 0 amide bonds. The number of halogens is 2. The summed E-state index contributed by atoms with van der Waals surface area (Å²) in [4.78, 5) is 0.669. The van der Waals surface area contributed by atoms with Crippen LogP contribution in [-0.2, 0) is 7.05 Å². The van der Waals surface area contributed by atoms with E-state index in [4.69, 9.17) is 23.2 Å². The molecule has 0 saturated heterocycles. The van der Waals surface area contributed by atoms with Gasteiger partial charge in [-0.2, -0.15) is 14.7 Å². The van der Waals surface area contributed by atoms with Crippen molar-refractivity contribution >= 4 is 39.5 Å². The standard InChI is InChI=1S/C13H8Cl2N6S/c1-20-10(9(15)6-16-20)11-17-18-13-21(11)19-12(22-13)7-4-2-3-5-8(7)14/h2-6H,1H3. The lowest BCUT2D eigenvalue weighted by molar-refractivity contribution is 0.764. The van der Waals surface area contributed by atoms with Gasteiger partial charge in [-0.1, -0.05) is 52.7 Å². The summed E-state index contributed by atoms with van der Waals surface area (Å²) in [6, 6.07) is 7.55. The highest BCUT2D eigenvalue weighted by Crippen LogP contribution is 2.33. The first-order valence-corrected chi connectivity index (χ1v) is 7.87. The molecule has 6 nitrogen and oxygen atoms in total. The Morgan fingerprint density at radius 2 is 1.91 bits per heavy atom. The second-order valence-corrected chi connectivity index (χ2v) is 6.34. The zero-order chi connectivity index (χ0) is 15.3. The molecule has 1 aromatic carbocycles. The Morgan fingerprint density at radius 3 is 2.64 bits per heavy atom. The van der Waals surface area contributed by atoms with Crippen LogP contribution < -0.4 is 0 Å². The number of nitrogens with zero attached hydrogens (tertiary/aromatic N) is 6. The summed E-state index contributed by atoms with van der Waals surface area (Å²) in [6.45, 7) is 0. The molecule has 3 aromatic heterocycles. The van der Waals surface area contributed by atoms with Crippen molar-refractivity contribution in [3.8, 4) is 22.1 Å². The van der Waals surface area contributed by atoms with Gasteiger partial charge >= 0.3 is 0 Å². The van der Waals surface area contributed by atoms with E-state index in [1.807, 2.05) is 24.3 Å². The van der Waals surface area contributed by atoms with Crippen molar-refractivity contribution in [2.24, 2.45) is 7.05 Å². The first-order valence-electron chi connectivity index (χ1n) is 6.30. The van der Waals surface area contributed by atoms with Crippen LogP contribution in [0.2, 0.25) is 10.0 Å². The molecule has 0 spiro atoms. The fourth-order valence-corrected chi connectivity index (χ4v) is 3.58. The summed E-state index contributed by atoms with van der Waals surface area (Å²) >= 11 is 13.8. The van der Waals surface area contributed by atoms with Gasteiger partial charge in [0.15, 0.2) is 0 Å². The van der Waals surface area contributed by atoms with Crippen molar-refractivity contribution < 1.29 is 0 Å². The van der Waals surface area contributed by atoms with E-state index in [9.17, 15) is 0 Å². The molecule has 0 N–H and O–H groups in total. The van der Waals surface area contributed by atoms with Gasteiger partial charge in [-0.3, -0.25) is 4.68 Å². The summed E-state index contributed by atoms with van der Waals surface area (Å²) < 4.78 is 3.31. The van der Waals surface area contributed by atoms with Crippen molar-refractivity contribution in [2.75, 3.05) is 0 Å². The van der Waals surface area contributed by atoms with E-state index in [2.05, 4.69) is 20.4 Å². The van der Waals surface area contributed by atoms with Crippen LogP contribution in [0.4, 0.5) is 0 Å². The molecule has 110 valence electrons. The topological polar surface area (TPSA) is 60.9 Å². The minimum atomic E-state index is 0.504. The fourth-order valence-electron chi connectivity index (χ4n) is 2.17. The van der Waals surface area contributed by atoms with E-state index in [-0.39, 0.29) is 0 Å². The van der Waals surface area contributed by atoms with E-state index >= 15 is 0 Å². The minimum absolute atomic E-state index is 0.504. The van der Waals surface area contributed by atoms with Gasteiger partial charge in [0.25, 0.3) is 0 Å². The number of hydrogen-bond donors (Lipinski definition) is 0. The Labute approximate surface area is 138 Å². The molecule has 0 aliphatic carbocycles. The number of aryl methyl sites for hydroxylation is 1. The van der Waals surface area contributed by atoms with E-state index in [1.54, 1.807) is 22.4 Å². The van der Waals surface area contributed by atoms with E-state index in [1.165, 1.54) is 11.3 Å². The molecule has 4 aromatic rings. The number of rotatable bonds is 2. The Balaban J connectivity index is 1.92. The van der Waals surface area contributed by atoms with Crippen molar-refractivity contribution in [1.29, 1.82) is 0 Å². The van der Waals surface area contributed by atoms with Crippen molar-refractivity contribution in [3.05, 3.63) is 40.5 Å². The smallest absolute Gasteiger partial charge is 0.235 e. The van der Waals surface area contributed by atoms with E-state index in [0.29, 0.717) is 26.5 Å². The fraction of sp³-hybridized carbons (Fsp3) is 0.0769. The highest BCUT2D eigenvalue weighted by molar-refractivity contribution is 7.19. The highest BCUT2D eigenvalue weighted by atomic mass is 35.5. The summed E-state index contributed by atoms with van der Waals surface area (Å²) in [5, 5.41) is 18.9. The van der Waals surface area contributed by atoms with E-state index in [0.717, 1.165) is 10.6 Å². The Morgan fingerprint density at radius 1 is 1.09 bits per heavy atom. The van der Waals surface area contributed by atoms with Crippen LogP contribution in [0.1, 0.15) is 0 Å². The third-order valence-electron chi connectivity index (χ3n) is 3.20. The van der Waals surface area contributed by atoms with Gasteiger partial charge in [0.1, 0.15) is 10.7 Å². The monoisotopic (exact) mass is 350 g/mol. The SMILES string of the molecule is Cn1ncc(Cl)c1-c1nnc2sc(-c3ccccc3Cl)nn12. The van der Waals surface area contributed by atoms with Crippen molar-refractivity contribution in [2.45, 2.75) is 0 Å². The molecule has 0 aliphatic heterocycles. The number of aromatic nitrogens is 6. The lowest BCUT2D eigenvalue weighted by atomic mass is 10.2. The first kappa shape index (κ1) is 13.7. The summed E-state index contributed by atoms with van der Waals surface area (Å²) in [5.41, 5.74) is 1.53. The predicted octanol–water partition coefficient (Wildman–Crippen LogP) is 3.56. The van der Waals surface area contributed by atoms with Gasteiger partial charge in [-0.25, -0.2) is 0 Å². The molecule has 9 heteroatoms. The van der Waals surface area contributed by atoms with Crippen LogP contribution in [-0.4, -0.2) is 29.6 Å². The number of benzene rings is 1. The lowest BCUT2D eigenvalue weighted by Gasteiger charge is -1.99. The molecule has 0 saturated carbocycles. The quantitative estimate of drug-likeness (QED) is 0.554. The molecule has 3 heterocycles. The first-order chi connectivity index (χ1) is 10.6. The molecule has 0 atom stereocenters. The Kier molecular flexibility index (Phi) is 3.14. The zero-order valence-corrected chi connectivity index (χ0v) is 13.6. The number of hydrogen-bond acceptors (Lipinski definition) is 5. The average molecular weight is 351 g/mol. The highest BCUT2D eigenvalue weighted by Gasteiger charge is 2.20. The van der Waals surface area contributed by atoms with Gasteiger partial charge in [0, 0.05) is 12.6 Å². The minimum Gasteiger partial charge on any atom is -0.263 e. The number of fused-ring (bicyclic) bond motifs is 1. The second kappa shape index (κ2) is 5.05. The summed E-state index contributed by atoms with van der Waals surface area (Å²) in [5.74, 6) is 0.551. The van der Waals surface area contributed by atoms with Crippen molar-refractivity contribution in [1.82, 2.24) is 29.6 Å². The van der Waals surface area contributed by atoms with Crippen LogP contribution in [0.25, 0.3) is 27.1 Å². The Hall–Kier alpha value is -1.96. The molecular formula is C13H8Cl2N6S. The van der Waals surface area contributed by atoms with Crippen LogP contribution in [0.15, 0.2) is 30.5 Å². The zero-order valence-electron chi connectivity index (χ0n) is 11.2. The van der Waals surface area contributed by atoms with Crippen LogP contribution >= 0.6 is 34.5 Å². The van der Waals surface area contributed by atoms with Crippen molar-refractivity contribution in [3.63, 3.8) is 0 Å². The molecule has 0 radical (unpaired) electrons. The second-order valence-electron chi connectivity index (χ2n) is 4.57. The largest absolute Gasteiger partial charge is 0.263 e.